The Kier molecular flexibility index (Phi) is 24.4. The highest BCUT2D eigenvalue weighted by Gasteiger charge is 2.37. The Morgan fingerprint density at radius 3 is 1.98 bits per heavy atom. The van der Waals surface area contributed by atoms with E-state index >= 15 is 0 Å². The van der Waals surface area contributed by atoms with Gasteiger partial charge in [-0.25, -0.2) is 0 Å². The van der Waals surface area contributed by atoms with E-state index in [1.54, 1.807) is 60.8 Å². The molecule has 1 aliphatic rings. The molecule has 1 aliphatic heterocycles. The molecule has 428 valence electrons. The fourth-order valence-electron chi connectivity index (χ4n) is 8.65. The lowest BCUT2D eigenvalue weighted by Gasteiger charge is -2.29. The standard InChI is InChI=1S/C56H70BrN11O10S2/c1-32(70)45(29-69)65-55(77)47-31-80-79-30-46(66-51(73)42(25-34-13-5-3-6-14-34)61-49(59)36-20-22-38(57)23-21-36)54(76)63-43(26-35-15-7-4-8-16-35)52(74)64-44(27-37-28-60-40-18-10-9-17-39(37)40)53(75)62-41(19-11-12-24-58)50(72)68-48(33(2)71)56(78)67-47/h3-10,13-18,20-23,28,32-33,41-48,60,69-71H,11-12,19,24-27,29-31,58H2,1-2H3,(H2,59,61)(H,62,75)(H,63,76)(H,64,74)(H,65,77)(H,66,73)(H,67,78)(H,68,72)/t32-,33-,41+,42-,43+,44-,45-,46+,47+,48+/m1/s1/i57-4. The first-order valence-electron chi connectivity index (χ1n) is 26.2. The number of para-hydroxylation sites is 1. The first-order valence-corrected chi connectivity index (χ1v) is 29.5. The molecule has 4 aromatic carbocycles. The van der Waals surface area contributed by atoms with Crippen molar-refractivity contribution in [3.63, 3.8) is 0 Å². The molecule has 0 unspecified atom stereocenters. The van der Waals surface area contributed by atoms with Gasteiger partial charge >= 0.3 is 0 Å². The molecule has 7 amide bonds. The van der Waals surface area contributed by atoms with Crippen LogP contribution >= 0.6 is 37.5 Å². The van der Waals surface area contributed by atoms with Crippen LogP contribution in [-0.4, -0.2) is 153 Å². The van der Waals surface area contributed by atoms with Crippen LogP contribution in [-0.2, 0) is 52.8 Å². The van der Waals surface area contributed by atoms with Gasteiger partial charge in [0, 0.05) is 57.9 Å². The molecule has 2 heterocycles. The van der Waals surface area contributed by atoms with Gasteiger partial charge in [0.25, 0.3) is 0 Å². The number of aromatic amines is 1. The van der Waals surface area contributed by atoms with Crippen molar-refractivity contribution < 1.29 is 48.9 Å². The number of nitrogens with zero attached hydrogens (tertiary/aromatic N) is 1. The Labute approximate surface area is 480 Å². The van der Waals surface area contributed by atoms with Gasteiger partial charge in [-0.2, -0.15) is 0 Å². The topological polar surface area (TPSA) is 345 Å². The summed E-state index contributed by atoms with van der Waals surface area (Å²) in [7, 11) is 2.04. The quantitative estimate of drug-likeness (QED) is 0.0241. The molecule has 0 radical (unpaired) electrons. The number of nitrogens with one attached hydrogen (secondary N) is 8. The Bertz CT molecular complexity index is 2900. The summed E-state index contributed by atoms with van der Waals surface area (Å²) >= 11 is 3.42. The van der Waals surface area contributed by atoms with E-state index in [1.165, 1.54) is 13.8 Å². The molecule has 1 saturated heterocycles. The molecule has 24 heteroatoms. The van der Waals surface area contributed by atoms with E-state index in [4.69, 9.17) is 11.5 Å². The minimum Gasteiger partial charge on any atom is -0.394 e. The van der Waals surface area contributed by atoms with E-state index in [0.717, 1.165) is 42.5 Å². The SMILES string of the molecule is C[C@@H](O)[C@@H]1NC(=O)[C@H](CCCCN)NC(=O)[C@@H](Cc2c[nH]c3ccccc23)NC(=O)[C@H](Cc2ccccc2)NC(=O)[C@@H](NC(=O)[C@@H](Cc2ccccc2)N=C(N)c2ccc([76Br])cc2)CSSC[C@@H](C(=O)N[C@H](CO)[C@@H](C)O)NC1=O. The van der Waals surface area contributed by atoms with Crippen molar-refractivity contribution in [1.29, 1.82) is 0 Å². The predicted octanol–water partition coefficient (Wildman–Crippen LogP) is 1.40. The Balaban J connectivity index is 1.43. The number of halogens is 1. The van der Waals surface area contributed by atoms with Gasteiger partial charge < -0.3 is 69.0 Å². The second kappa shape index (κ2) is 31.3. The van der Waals surface area contributed by atoms with Gasteiger partial charge in [-0.15, -0.1) is 0 Å². The number of carbonyl (C=O) groups is 7. The monoisotopic (exact) mass is 1200 g/mol. The molecule has 0 bridgehead atoms. The number of carbonyl (C=O) groups excluding carboxylic acids is 7. The zero-order valence-electron chi connectivity index (χ0n) is 44.3. The number of H-pyrrole nitrogens is 1. The number of hydrogen-bond donors (Lipinski definition) is 13. The van der Waals surface area contributed by atoms with Crippen LogP contribution in [0.15, 0.2) is 125 Å². The average Bonchev–Trinajstić information content (AvgIpc) is 3.85. The molecule has 0 aliphatic carbocycles. The largest absolute Gasteiger partial charge is 0.394 e. The molecule has 15 N–H and O–H groups in total. The molecule has 0 saturated carbocycles. The van der Waals surface area contributed by atoms with Crippen LogP contribution in [0.4, 0.5) is 0 Å². The highest BCUT2D eigenvalue weighted by atomic mass is 75.9. The summed E-state index contributed by atoms with van der Waals surface area (Å²) in [5.41, 5.74) is 15.7. The smallest absolute Gasteiger partial charge is 0.245 e. The normalized spacial score (nSPS) is 21.8. The zero-order valence-corrected chi connectivity index (χ0v) is 47.5. The number of nitrogens with two attached hydrogens (primary N) is 2. The van der Waals surface area contributed by atoms with E-state index < -0.39 is 108 Å². The van der Waals surface area contributed by atoms with E-state index in [0.29, 0.717) is 29.5 Å². The Morgan fingerprint density at radius 1 is 0.725 bits per heavy atom. The van der Waals surface area contributed by atoms with Gasteiger partial charge in [0.15, 0.2) is 0 Å². The first-order chi connectivity index (χ1) is 38.4. The van der Waals surface area contributed by atoms with Crippen molar-refractivity contribution in [2.75, 3.05) is 24.7 Å². The third kappa shape index (κ3) is 18.6. The molecule has 1 aromatic heterocycles. The van der Waals surface area contributed by atoms with Crippen LogP contribution in [0, 0.1) is 0 Å². The van der Waals surface area contributed by atoms with E-state index in [2.05, 4.69) is 63.1 Å². The number of amidine groups is 1. The van der Waals surface area contributed by atoms with Gasteiger partial charge in [0.1, 0.15) is 48.1 Å². The van der Waals surface area contributed by atoms with E-state index in [1.807, 2.05) is 54.6 Å². The number of aromatic nitrogens is 1. The maximum Gasteiger partial charge on any atom is 0.245 e. The van der Waals surface area contributed by atoms with Gasteiger partial charge in [0.2, 0.25) is 41.4 Å². The van der Waals surface area contributed by atoms with Crippen molar-refractivity contribution in [2.45, 2.75) is 113 Å². The summed E-state index contributed by atoms with van der Waals surface area (Å²) in [5.74, 6) is -6.17. The number of benzene rings is 4. The van der Waals surface area contributed by atoms with Gasteiger partial charge in [0.05, 0.1) is 24.9 Å². The van der Waals surface area contributed by atoms with Crippen molar-refractivity contribution in [1.82, 2.24) is 42.2 Å². The molecule has 5 aromatic rings. The lowest BCUT2D eigenvalue weighted by Crippen LogP contribution is -2.62. The van der Waals surface area contributed by atoms with Gasteiger partial charge in [-0.3, -0.25) is 38.6 Å². The number of aliphatic hydroxyl groups is 3. The van der Waals surface area contributed by atoms with Crippen LogP contribution in [0.2, 0.25) is 0 Å². The molecule has 6 rings (SSSR count). The first kappa shape index (κ1) is 62.4. The number of amides is 7. The maximum absolute atomic E-state index is 15.0. The van der Waals surface area contributed by atoms with Crippen molar-refractivity contribution in [3.8, 4) is 0 Å². The highest BCUT2D eigenvalue weighted by Crippen LogP contribution is 2.25. The number of hydrogen-bond acceptors (Lipinski definition) is 14. The lowest BCUT2D eigenvalue weighted by molar-refractivity contribution is -0.136. The molecule has 21 nitrogen and oxygen atoms in total. The van der Waals surface area contributed by atoms with Crippen molar-refractivity contribution in [3.05, 3.63) is 142 Å². The highest BCUT2D eigenvalue weighted by molar-refractivity contribution is 9.10. The van der Waals surface area contributed by atoms with E-state index in [-0.39, 0.29) is 49.6 Å². The molecular formula is C56H70BrN11O10S2. The molecule has 1 fully saturated rings. The molecular weight excluding hydrogens is 1130 g/mol. The second-order valence-electron chi connectivity index (χ2n) is 19.4. The summed E-state index contributed by atoms with van der Waals surface area (Å²) < 4.78 is 0.793. The third-order valence-electron chi connectivity index (χ3n) is 13.2. The van der Waals surface area contributed by atoms with Crippen LogP contribution in [0.5, 0.6) is 0 Å². The predicted molar refractivity (Wildman–Crippen MR) is 313 cm³/mol. The summed E-state index contributed by atoms with van der Waals surface area (Å²) in [4.78, 5) is 110. The minimum absolute atomic E-state index is 0.0195. The third-order valence-corrected chi connectivity index (χ3v) is 16.2. The van der Waals surface area contributed by atoms with Crippen LogP contribution < -0.4 is 48.7 Å². The Hall–Kier alpha value is -6.80. The zero-order chi connectivity index (χ0) is 57.7. The summed E-state index contributed by atoms with van der Waals surface area (Å²) in [6.45, 7) is 2.20. The number of unbranched alkanes of at least 4 members (excludes halogenated alkanes) is 1. The summed E-state index contributed by atoms with van der Waals surface area (Å²) in [5, 5.41) is 51.1. The lowest BCUT2D eigenvalue weighted by atomic mass is 10.0. The summed E-state index contributed by atoms with van der Waals surface area (Å²) in [6.07, 6.45) is -0.362. The number of aliphatic imine (C=N–C) groups is 1. The number of rotatable bonds is 19. The average molecular weight is 1200 g/mol. The van der Waals surface area contributed by atoms with E-state index in [9.17, 15) is 48.9 Å². The van der Waals surface area contributed by atoms with Crippen LogP contribution in [0.3, 0.4) is 0 Å². The van der Waals surface area contributed by atoms with Gasteiger partial charge in [-0.05, 0) is 74.5 Å². The molecule has 0 spiro atoms. The molecule has 80 heavy (non-hydrogen) atoms. The maximum atomic E-state index is 15.0. The number of aliphatic hydroxyl groups excluding tert-OH is 3. The minimum atomic E-state index is -1.69. The van der Waals surface area contributed by atoms with Crippen LogP contribution in [0.25, 0.3) is 10.9 Å². The van der Waals surface area contributed by atoms with Crippen LogP contribution in [0.1, 0.15) is 55.4 Å². The number of fused-ring (bicyclic) bond motifs is 1. The summed E-state index contributed by atoms with van der Waals surface area (Å²) in [6, 6.07) is 21.3. The fourth-order valence-corrected chi connectivity index (χ4v) is 11.2. The van der Waals surface area contributed by atoms with Crippen molar-refractivity contribution in [2.24, 2.45) is 16.5 Å². The Morgan fingerprint density at radius 2 is 1.32 bits per heavy atom. The van der Waals surface area contributed by atoms with Gasteiger partial charge in [-0.1, -0.05) is 129 Å². The van der Waals surface area contributed by atoms with Crippen molar-refractivity contribution >= 4 is 95.6 Å². The second-order valence-corrected chi connectivity index (χ2v) is 22.9. The fraction of sp³-hybridized carbons (Fsp3) is 0.393. The molecule has 10 atom stereocenters.